The SMILES string of the molecule is Cc1nn(C)c(C)c1CN1CCC[C@H]1c1ccc2c(c1)OCO2. The molecule has 1 atom stereocenters. The molecule has 1 saturated heterocycles. The van der Waals surface area contributed by atoms with E-state index in [1.54, 1.807) is 0 Å². The van der Waals surface area contributed by atoms with Gasteiger partial charge < -0.3 is 9.47 Å². The predicted octanol–water partition coefficient (Wildman–Crippen LogP) is 3.10. The van der Waals surface area contributed by atoms with E-state index in [-0.39, 0.29) is 0 Å². The number of aromatic nitrogens is 2. The second-order valence-corrected chi connectivity index (χ2v) is 6.51. The number of fused-ring (bicyclic) bond motifs is 1. The van der Waals surface area contributed by atoms with E-state index in [0.717, 1.165) is 30.3 Å². The molecule has 0 radical (unpaired) electrons. The Labute approximate surface area is 136 Å². The molecule has 1 aromatic heterocycles. The summed E-state index contributed by atoms with van der Waals surface area (Å²) in [6.45, 7) is 6.69. The van der Waals surface area contributed by atoms with E-state index in [1.807, 2.05) is 17.8 Å². The van der Waals surface area contributed by atoms with Crippen molar-refractivity contribution in [3.05, 3.63) is 40.7 Å². The van der Waals surface area contributed by atoms with Crippen LogP contribution in [0, 0.1) is 13.8 Å². The van der Waals surface area contributed by atoms with Gasteiger partial charge in [-0.25, -0.2) is 0 Å². The van der Waals surface area contributed by atoms with Crippen molar-refractivity contribution in [3.8, 4) is 11.5 Å². The molecule has 1 fully saturated rings. The predicted molar refractivity (Wildman–Crippen MR) is 87.6 cm³/mol. The van der Waals surface area contributed by atoms with Crippen molar-refractivity contribution in [2.75, 3.05) is 13.3 Å². The van der Waals surface area contributed by atoms with Crippen molar-refractivity contribution in [1.29, 1.82) is 0 Å². The molecule has 0 amide bonds. The molecule has 0 unspecified atom stereocenters. The van der Waals surface area contributed by atoms with Crippen molar-refractivity contribution in [1.82, 2.24) is 14.7 Å². The third kappa shape index (κ3) is 2.49. The normalized spacial score (nSPS) is 20.4. The Morgan fingerprint density at radius 1 is 1.22 bits per heavy atom. The zero-order valence-corrected chi connectivity index (χ0v) is 14.0. The Balaban J connectivity index is 1.59. The summed E-state index contributed by atoms with van der Waals surface area (Å²) in [6.07, 6.45) is 2.43. The first-order valence-electron chi connectivity index (χ1n) is 8.26. The van der Waals surface area contributed by atoms with Crippen molar-refractivity contribution in [2.24, 2.45) is 7.05 Å². The quantitative estimate of drug-likeness (QED) is 0.873. The third-order valence-corrected chi connectivity index (χ3v) is 5.17. The lowest BCUT2D eigenvalue weighted by Crippen LogP contribution is -2.23. The van der Waals surface area contributed by atoms with Crippen molar-refractivity contribution in [2.45, 2.75) is 39.3 Å². The Morgan fingerprint density at radius 2 is 2.04 bits per heavy atom. The number of hydrogen-bond acceptors (Lipinski definition) is 4. The second-order valence-electron chi connectivity index (χ2n) is 6.51. The molecular formula is C18H23N3O2. The molecule has 5 nitrogen and oxygen atoms in total. The van der Waals surface area contributed by atoms with E-state index >= 15 is 0 Å². The number of ether oxygens (including phenoxy) is 2. The van der Waals surface area contributed by atoms with Crippen LogP contribution in [-0.4, -0.2) is 28.0 Å². The van der Waals surface area contributed by atoms with Crippen LogP contribution in [0.4, 0.5) is 0 Å². The minimum atomic E-state index is 0.335. The van der Waals surface area contributed by atoms with Crippen molar-refractivity contribution >= 4 is 0 Å². The van der Waals surface area contributed by atoms with Gasteiger partial charge in [0.1, 0.15) is 0 Å². The molecular weight excluding hydrogens is 290 g/mol. The average molecular weight is 313 g/mol. The first kappa shape index (κ1) is 14.6. The Morgan fingerprint density at radius 3 is 2.83 bits per heavy atom. The lowest BCUT2D eigenvalue weighted by Gasteiger charge is -2.25. The van der Waals surface area contributed by atoms with E-state index in [2.05, 4.69) is 36.0 Å². The number of rotatable bonds is 3. The fourth-order valence-corrected chi connectivity index (χ4v) is 3.76. The summed E-state index contributed by atoms with van der Waals surface area (Å²) in [6, 6.07) is 6.81. The standard InChI is InChI=1S/C18H23N3O2/c1-12-15(13(2)20(3)19-12)10-21-8-4-5-16(21)14-6-7-17-18(9-14)23-11-22-17/h6-7,9,16H,4-5,8,10-11H2,1-3H3/t16-/m0/s1. The summed E-state index contributed by atoms with van der Waals surface area (Å²) in [5.41, 5.74) is 5.09. The molecule has 4 rings (SSSR count). The molecule has 5 heteroatoms. The highest BCUT2D eigenvalue weighted by molar-refractivity contribution is 5.45. The molecule has 2 aliphatic heterocycles. The largest absolute Gasteiger partial charge is 0.454 e. The van der Waals surface area contributed by atoms with E-state index in [9.17, 15) is 0 Å². The minimum Gasteiger partial charge on any atom is -0.454 e. The Bertz CT molecular complexity index is 738. The molecule has 1 aromatic carbocycles. The van der Waals surface area contributed by atoms with E-state index < -0.39 is 0 Å². The minimum absolute atomic E-state index is 0.335. The highest BCUT2D eigenvalue weighted by Gasteiger charge is 2.28. The first-order chi connectivity index (χ1) is 11.1. The molecule has 0 aliphatic carbocycles. The Kier molecular flexibility index (Phi) is 3.53. The molecule has 0 bridgehead atoms. The van der Waals surface area contributed by atoms with Gasteiger partial charge in [-0.2, -0.15) is 5.10 Å². The summed E-state index contributed by atoms with van der Waals surface area (Å²) >= 11 is 0. The number of likely N-dealkylation sites (tertiary alicyclic amines) is 1. The van der Waals surface area contributed by atoms with Gasteiger partial charge in [-0.15, -0.1) is 0 Å². The zero-order chi connectivity index (χ0) is 16.0. The summed E-state index contributed by atoms with van der Waals surface area (Å²) in [5, 5.41) is 4.55. The van der Waals surface area contributed by atoms with Crippen molar-refractivity contribution < 1.29 is 9.47 Å². The second kappa shape index (κ2) is 5.57. The van der Waals surface area contributed by atoms with Crippen LogP contribution in [0.15, 0.2) is 18.2 Å². The van der Waals surface area contributed by atoms with Crippen LogP contribution >= 0.6 is 0 Å². The highest BCUT2D eigenvalue weighted by atomic mass is 16.7. The molecule has 0 N–H and O–H groups in total. The molecule has 3 heterocycles. The van der Waals surface area contributed by atoms with Crippen molar-refractivity contribution in [3.63, 3.8) is 0 Å². The number of hydrogen-bond donors (Lipinski definition) is 0. The Hall–Kier alpha value is -2.01. The number of aryl methyl sites for hydroxylation is 2. The van der Waals surface area contributed by atoms with Gasteiger partial charge in [0.05, 0.1) is 5.69 Å². The van der Waals surface area contributed by atoms with Gasteiger partial charge in [0.25, 0.3) is 0 Å². The van der Waals surface area contributed by atoms with Gasteiger partial charge >= 0.3 is 0 Å². The fourth-order valence-electron chi connectivity index (χ4n) is 3.76. The van der Waals surface area contributed by atoms with E-state index in [1.165, 1.54) is 29.7 Å². The highest BCUT2D eigenvalue weighted by Crippen LogP contribution is 2.39. The molecule has 23 heavy (non-hydrogen) atoms. The number of nitrogens with zero attached hydrogens (tertiary/aromatic N) is 3. The summed E-state index contributed by atoms with van der Waals surface area (Å²) in [4.78, 5) is 2.56. The topological polar surface area (TPSA) is 39.5 Å². The maximum absolute atomic E-state index is 5.54. The van der Waals surface area contributed by atoms with Crippen LogP contribution < -0.4 is 9.47 Å². The summed E-state index contributed by atoms with van der Waals surface area (Å²) < 4.78 is 12.9. The third-order valence-electron chi connectivity index (χ3n) is 5.17. The lowest BCUT2D eigenvalue weighted by molar-refractivity contribution is 0.173. The molecule has 122 valence electrons. The molecule has 0 saturated carbocycles. The average Bonchev–Trinajstić information content (AvgIpc) is 3.23. The van der Waals surface area contributed by atoms with Crippen LogP contribution in [0.25, 0.3) is 0 Å². The molecule has 2 aliphatic rings. The van der Waals surface area contributed by atoms with E-state index in [4.69, 9.17) is 9.47 Å². The van der Waals surface area contributed by atoms with Gasteiger partial charge in [-0.05, 0) is 50.9 Å². The molecule has 0 spiro atoms. The van der Waals surface area contributed by atoms with E-state index in [0.29, 0.717) is 12.8 Å². The fraction of sp³-hybridized carbons (Fsp3) is 0.500. The summed E-state index contributed by atoms with van der Waals surface area (Å²) in [5.74, 6) is 1.74. The van der Waals surface area contributed by atoms with Gasteiger partial charge in [0.2, 0.25) is 6.79 Å². The van der Waals surface area contributed by atoms with Gasteiger partial charge in [-0.1, -0.05) is 6.07 Å². The van der Waals surface area contributed by atoms with Crippen LogP contribution in [0.2, 0.25) is 0 Å². The van der Waals surface area contributed by atoms with Crippen LogP contribution in [-0.2, 0) is 13.6 Å². The smallest absolute Gasteiger partial charge is 0.231 e. The van der Waals surface area contributed by atoms with Crippen LogP contribution in [0.3, 0.4) is 0 Å². The zero-order valence-electron chi connectivity index (χ0n) is 14.0. The first-order valence-corrected chi connectivity index (χ1v) is 8.26. The van der Waals surface area contributed by atoms with Crippen LogP contribution in [0.1, 0.15) is 41.4 Å². The van der Waals surface area contributed by atoms with Gasteiger partial charge in [0.15, 0.2) is 11.5 Å². The van der Waals surface area contributed by atoms with Gasteiger partial charge in [-0.3, -0.25) is 9.58 Å². The maximum Gasteiger partial charge on any atom is 0.231 e. The monoisotopic (exact) mass is 313 g/mol. The maximum atomic E-state index is 5.54. The lowest BCUT2D eigenvalue weighted by atomic mass is 10.0. The molecule has 2 aromatic rings. The van der Waals surface area contributed by atoms with Gasteiger partial charge in [0, 0.05) is 30.9 Å². The van der Waals surface area contributed by atoms with Crippen LogP contribution in [0.5, 0.6) is 11.5 Å². The number of benzene rings is 1. The summed E-state index contributed by atoms with van der Waals surface area (Å²) in [7, 11) is 2.02.